The van der Waals surface area contributed by atoms with Gasteiger partial charge in [-0.3, -0.25) is 9.69 Å². The van der Waals surface area contributed by atoms with Crippen molar-refractivity contribution in [2.75, 3.05) is 52.4 Å². The highest BCUT2D eigenvalue weighted by Crippen LogP contribution is 2.16. The third-order valence-electron chi connectivity index (χ3n) is 4.55. The van der Waals surface area contributed by atoms with Crippen LogP contribution in [0.25, 0.3) is 0 Å². The smallest absolute Gasteiger partial charge is 0.219 e. The summed E-state index contributed by atoms with van der Waals surface area (Å²) in [7, 11) is 0. The van der Waals surface area contributed by atoms with Gasteiger partial charge in [0.15, 0.2) is 17.5 Å². The minimum absolute atomic E-state index is 0. The molecule has 0 aromatic heterocycles. The fourth-order valence-electron chi connectivity index (χ4n) is 2.97. The fraction of sp³-hybridized carbons (Fsp3) is 0.600. The van der Waals surface area contributed by atoms with E-state index in [0.29, 0.717) is 12.5 Å². The molecule has 1 unspecified atom stereocenters. The Kier molecular flexibility index (Phi) is 11.9. The summed E-state index contributed by atoms with van der Waals surface area (Å²) in [6.45, 7) is 11.7. The minimum Gasteiger partial charge on any atom is -0.486 e. The molecule has 1 aromatic rings. The Morgan fingerprint density at radius 2 is 1.93 bits per heavy atom. The van der Waals surface area contributed by atoms with E-state index >= 15 is 0 Å². The van der Waals surface area contributed by atoms with Gasteiger partial charge in [0.05, 0.1) is 6.54 Å². The highest BCUT2D eigenvalue weighted by molar-refractivity contribution is 14.0. The van der Waals surface area contributed by atoms with Gasteiger partial charge in [-0.15, -0.1) is 24.0 Å². The molecule has 1 aromatic carbocycles. The van der Waals surface area contributed by atoms with Gasteiger partial charge in [0, 0.05) is 52.7 Å². The number of nitrogens with one attached hydrogen (secondary N) is 2. The van der Waals surface area contributed by atoms with Crippen LogP contribution in [0.1, 0.15) is 20.8 Å². The number of hydrogen-bond donors (Lipinski definition) is 2. The zero-order valence-corrected chi connectivity index (χ0v) is 19.8. The Morgan fingerprint density at radius 3 is 2.55 bits per heavy atom. The lowest BCUT2D eigenvalue weighted by Gasteiger charge is -2.34. The van der Waals surface area contributed by atoms with Gasteiger partial charge in [-0.25, -0.2) is 9.38 Å². The normalized spacial score (nSPS) is 16.0. The molecule has 7 nitrogen and oxygen atoms in total. The van der Waals surface area contributed by atoms with Gasteiger partial charge in [0.2, 0.25) is 5.91 Å². The lowest BCUT2D eigenvalue weighted by molar-refractivity contribution is -0.130. The number of hydrogen-bond acceptors (Lipinski definition) is 4. The first-order valence-corrected chi connectivity index (χ1v) is 9.90. The molecule has 9 heteroatoms. The lowest BCUT2D eigenvalue weighted by atomic mass is 10.3. The van der Waals surface area contributed by atoms with Crippen LogP contribution in [0.15, 0.2) is 29.3 Å². The van der Waals surface area contributed by atoms with E-state index in [-0.39, 0.29) is 47.6 Å². The van der Waals surface area contributed by atoms with Crippen molar-refractivity contribution in [3.05, 3.63) is 30.1 Å². The molecule has 1 amide bonds. The number of carbonyl (C=O) groups excluding carboxylic acids is 1. The number of nitrogens with zero attached hydrogens (tertiary/aromatic N) is 3. The summed E-state index contributed by atoms with van der Waals surface area (Å²) in [5, 5.41) is 6.53. The Morgan fingerprint density at radius 1 is 1.24 bits per heavy atom. The number of rotatable bonds is 8. The fourth-order valence-corrected chi connectivity index (χ4v) is 2.97. The van der Waals surface area contributed by atoms with Crippen molar-refractivity contribution < 1.29 is 13.9 Å². The lowest BCUT2D eigenvalue weighted by Crippen LogP contribution is -2.50. The molecule has 29 heavy (non-hydrogen) atoms. The molecule has 0 spiro atoms. The van der Waals surface area contributed by atoms with E-state index in [4.69, 9.17) is 4.74 Å². The third-order valence-corrected chi connectivity index (χ3v) is 4.55. The van der Waals surface area contributed by atoms with Crippen molar-refractivity contribution in [1.29, 1.82) is 0 Å². The molecular weight excluding hydrogens is 488 g/mol. The summed E-state index contributed by atoms with van der Waals surface area (Å²) in [6.07, 6.45) is -0.244. The number of carbonyl (C=O) groups is 1. The van der Waals surface area contributed by atoms with Crippen LogP contribution in [0.5, 0.6) is 5.75 Å². The van der Waals surface area contributed by atoms with Crippen molar-refractivity contribution in [3.63, 3.8) is 0 Å². The molecule has 1 fully saturated rings. The molecule has 164 valence electrons. The summed E-state index contributed by atoms with van der Waals surface area (Å²) in [6, 6.07) is 6.38. The maximum Gasteiger partial charge on any atom is 0.219 e. The zero-order chi connectivity index (χ0) is 20.4. The van der Waals surface area contributed by atoms with Crippen LogP contribution in [-0.2, 0) is 4.79 Å². The Labute approximate surface area is 190 Å². The van der Waals surface area contributed by atoms with E-state index in [2.05, 4.69) is 20.5 Å². The number of piperazine rings is 1. The molecule has 1 aliphatic heterocycles. The van der Waals surface area contributed by atoms with E-state index < -0.39 is 0 Å². The second-order valence-corrected chi connectivity index (χ2v) is 6.85. The number of benzene rings is 1. The SMILES string of the molecule is CCNC(=NCC(C)Oc1ccccc1F)NCCN1CCN(C(C)=O)CC1.I. The molecule has 0 aliphatic carbocycles. The van der Waals surface area contributed by atoms with Crippen molar-refractivity contribution in [1.82, 2.24) is 20.4 Å². The largest absolute Gasteiger partial charge is 0.486 e. The number of ether oxygens (including phenoxy) is 1. The van der Waals surface area contributed by atoms with E-state index in [0.717, 1.165) is 45.8 Å². The Hall–Kier alpha value is -1.62. The molecular formula is C20H33FIN5O2. The molecule has 1 atom stereocenters. The first kappa shape index (κ1) is 25.4. The second kappa shape index (κ2) is 13.6. The molecule has 0 saturated carbocycles. The first-order valence-electron chi connectivity index (χ1n) is 9.90. The third kappa shape index (κ3) is 9.16. The van der Waals surface area contributed by atoms with Crippen molar-refractivity contribution in [3.8, 4) is 5.75 Å². The molecule has 0 bridgehead atoms. The standard InChI is InChI=1S/C20H32FN5O2.HI/c1-4-22-20(23-9-10-25-11-13-26(14-12-25)17(3)27)24-15-16(2)28-19-8-6-5-7-18(19)21;/h5-8,16H,4,9-15H2,1-3H3,(H2,22,23,24);1H. The Balaban J connectivity index is 0.00000420. The van der Waals surface area contributed by atoms with Crippen LogP contribution in [-0.4, -0.2) is 80.1 Å². The van der Waals surface area contributed by atoms with Crippen molar-refractivity contribution >= 4 is 35.8 Å². The van der Waals surface area contributed by atoms with Gasteiger partial charge in [0.1, 0.15) is 6.10 Å². The van der Waals surface area contributed by atoms with E-state index in [1.165, 1.54) is 6.07 Å². The number of guanidine groups is 1. The van der Waals surface area contributed by atoms with Crippen LogP contribution < -0.4 is 15.4 Å². The highest BCUT2D eigenvalue weighted by atomic mass is 127. The maximum atomic E-state index is 13.7. The van der Waals surface area contributed by atoms with Crippen LogP contribution in [0.2, 0.25) is 0 Å². The monoisotopic (exact) mass is 521 g/mol. The summed E-state index contributed by atoms with van der Waals surface area (Å²) in [5.41, 5.74) is 0. The summed E-state index contributed by atoms with van der Waals surface area (Å²) in [4.78, 5) is 20.1. The number of aliphatic imine (C=N–C) groups is 1. The van der Waals surface area contributed by atoms with E-state index in [9.17, 15) is 9.18 Å². The summed E-state index contributed by atoms with van der Waals surface area (Å²) >= 11 is 0. The predicted octanol–water partition coefficient (Wildman–Crippen LogP) is 1.93. The van der Waals surface area contributed by atoms with Gasteiger partial charge >= 0.3 is 0 Å². The van der Waals surface area contributed by atoms with Crippen molar-refractivity contribution in [2.24, 2.45) is 4.99 Å². The summed E-state index contributed by atoms with van der Waals surface area (Å²) < 4.78 is 19.3. The molecule has 1 saturated heterocycles. The van der Waals surface area contributed by atoms with Crippen molar-refractivity contribution in [2.45, 2.75) is 26.9 Å². The van der Waals surface area contributed by atoms with Gasteiger partial charge in [0.25, 0.3) is 0 Å². The number of para-hydroxylation sites is 1. The van der Waals surface area contributed by atoms with Crippen LogP contribution in [0, 0.1) is 5.82 Å². The Bertz CT molecular complexity index is 654. The van der Waals surface area contributed by atoms with Crippen LogP contribution >= 0.6 is 24.0 Å². The molecule has 0 radical (unpaired) electrons. The van der Waals surface area contributed by atoms with Gasteiger partial charge in [-0.1, -0.05) is 12.1 Å². The van der Waals surface area contributed by atoms with E-state index in [1.54, 1.807) is 25.1 Å². The average Bonchev–Trinajstić information content (AvgIpc) is 2.68. The molecule has 1 heterocycles. The highest BCUT2D eigenvalue weighted by Gasteiger charge is 2.18. The van der Waals surface area contributed by atoms with Gasteiger partial charge in [-0.05, 0) is 26.0 Å². The second-order valence-electron chi connectivity index (χ2n) is 6.85. The molecule has 1 aliphatic rings. The van der Waals surface area contributed by atoms with Crippen LogP contribution in [0.4, 0.5) is 4.39 Å². The topological polar surface area (TPSA) is 69.2 Å². The summed E-state index contributed by atoms with van der Waals surface area (Å²) in [5.74, 6) is 0.737. The van der Waals surface area contributed by atoms with Crippen LogP contribution in [0.3, 0.4) is 0 Å². The average molecular weight is 521 g/mol. The van der Waals surface area contributed by atoms with E-state index in [1.807, 2.05) is 18.7 Å². The maximum absolute atomic E-state index is 13.7. The molecule has 2 N–H and O–H groups in total. The quantitative estimate of drug-likeness (QED) is 0.311. The molecule has 2 rings (SSSR count). The first-order chi connectivity index (χ1) is 13.5. The number of halogens is 2. The minimum atomic E-state index is -0.367. The predicted molar refractivity (Wildman–Crippen MR) is 125 cm³/mol. The number of amides is 1. The zero-order valence-electron chi connectivity index (χ0n) is 17.5. The van der Waals surface area contributed by atoms with Gasteiger partial charge in [-0.2, -0.15) is 0 Å². The van der Waals surface area contributed by atoms with Gasteiger partial charge < -0.3 is 20.3 Å².